The minimum Gasteiger partial charge on any atom is -0.497 e. The second-order valence-corrected chi connectivity index (χ2v) is 8.47. The Morgan fingerprint density at radius 2 is 1.86 bits per heavy atom. The molecule has 0 amide bonds. The highest BCUT2D eigenvalue weighted by Gasteiger charge is 2.43. The van der Waals surface area contributed by atoms with Crippen LogP contribution in [0.5, 0.6) is 11.5 Å². The molecule has 0 spiro atoms. The van der Waals surface area contributed by atoms with Crippen molar-refractivity contribution in [3.05, 3.63) is 96.0 Å². The van der Waals surface area contributed by atoms with Gasteiger partial charge in [0.25, 0.3) is 0 Å². The van der Waals surface area contributed by atoms with Gasteiger partial charge in [-0.2, -0.15) is 0 Å². The van der Waals surface area contributed by atoms with Crippen molar-refractivity contribution >= 4 is 29.0 Å². The summed E-state index contributed by atoms with van der Waals surface area (Å²) in [4.78, 5) is 18.3. The number of hydrogen-bond donors (Lipinski definition) is 2. The van der Waals surface area contributed by atoms with Crippen LogP contribution in [0.1, 0.15) is 33.9 Å². The summed E-state index contributed by atoms with van der Waals surface area (Å²) >= 11 is 5.78. The molecule has 2 aromatic carbocycles. The fourth-order valence-corrected chi connectivity index (χ4v) is 4.77. The minimum absolute atomic E-state index is 0.161. The van der Waals surface area contributed by atoms with E-state index in [-0.39, 0.29) is 11.6 Å². The van der Waals surface area contributed by atoms with Gasteiger partial charge in [0, 0.05) is 17.8 Å². The first kappa shape index (κ1) is 23.4. The van der Waals surface area contributed by atoms with E-state index in [0.717, 1.165) is 11.4 Å². The fraction of sp³-hybridized carbons (Fsp3) is 0.148. The molecule has 8 nitrogen and oxygen atoms in total. The Morgan fingerprint density at radius 1 is 1.06 bits per heavy atom. The summed E-state index contributed by atoms with van der Waals surface area (Å²) in [6, 6.07) is 20.8. The predicted molar refractivity (Wildman–Crippen MR) is 139 cm³/mol. The van der Waals surface area contributed by atoms with E-state index in [9.17, 15) is 9.90 Å². The minimum atomic E-state index is -1.02. The monoisotopic (exact) mass is 501 g/mol. The van der Waals surface area contributed by atoms with E-state index in [0.29, 0.717) is 33.7 Å². The molecule has 36 heavy (non-hydrogen) atoms. The number of pyridine rings is 1. The van der Waals surface area contributed by atoms with Crippen LogP contribution in [0.3, 0.4) is 0 Å². The molecule has 1 aliphatic rings. The molecule has 182 valence electrons. The van der Waals surface area contributed by atoms with E-state index in [1.807, 2.05) is 41.3 Å². The fourth-order valence-electron chi connectivity index (χ4n) is 4.43. The zero-order valence-electron chi connectivity index (χ0n) is 19.5. The number of aromatic nitrogens is 1. The van der Waals surface area contributed by atoms with Crippen LogP contribution in [0, 0.1) is 0 Å². The lowest BCUT2D eigenvalue weighted by Crippen LogP contribution is -2.29. The number of furan rings is 1. The van der Waals surface area contributed by atoms with Gasteiger partial charge in [0.15, 0.2) is 5.11 Å². The predicted octanol–water partition coefficient (Wildman–Crippen LogP) is 5.23. The number of hydrogen-bond acceptors (Lipinski definition) is 6. The molecule has 3 heterocycles. The number of nitrogens with zero attached hydrogens (tertiary/aromatic N) is 2. The van der Waals surface area contributed by atoms with Crippen molar-refractivity contribution in [1.29, 1.82) is 0 Å². The van der Waals surface area contributed by atoms with Crippen LogP contribution in [-0.2, 0) is 0 Å². The Bertz CT molecular complexity index is 1420. The lowest BCUT2D eigenvalue weighted by molar-refractivity contribution is 0.0697. The van der Waals surface area contributed by atoms with E-state index in [1.54, 1.807) is 56.8 Å². The van der Waals surface area contributed by atoms with Crippen LogP contribution in [0.4, 0.5) is 5.69 Å². The lowest BCUT2D eigenvalue weighted by Gasteiger charge is -2.27. The number of nitrogens with one attached hydrogen (secondary N) is 1. The lowest BCUT2D eigenvalue weighted by atomic mass is 10.0. The summed E-state index contributed by atoms with van der Waals surface area (Å²) in [5, 5.41) is 13.5. The Balaban J connectivity index is 1.64. The smallest absolute Gasteiger partial charge is 0.336 e. The van der Waals surface area contributed by atoms with Crippen molar-refractivity contribution in [3.63, 3.8) is 0 Å². The number of benzene rings is 2. The third-order valence-electron chi connectivity index (χ3n) is 6.09. The zero-order valence-corrected chi connectivity index (χ0v) is 20.4. The summed E-state index contributed by atoms with van der Waals surface area (Å²) in [5.74, 6) is 1.24. The van der Waals surface area contributed by atoms with Crippen LogP contribution in [0.15, 0.2) is 83.4 Å². The van der Waals surface area contributed by atoms with Crippen molar-refractivity contribution in [1.82, 2.24) is 10.3 Å². The quantitative estimate of drug-likeness (QED) is 0.330. The molecular formula is C27H23N3O5S. The Labute approximate surface area is 213 Å². The van der Waals surface area contributed by atoms with Crippen LogP contribution in [-0.4, -0.2) is 35.4 Å². The third kappa shape index (κ3) is 4.14. The van der Waals surface area contributed by atoms with Crippen molar-refractivity contribution in [3.8, 4) is 22.8 Å². The van der Waals surface area contributed by atoms with E-state index < -0.39 is 12.0 Å². The van der Waals surface area contributed by atoms with Gasteiger partial charge in [-0.15, -0.1) is 0 Å². The number of rotatable bonds is 7. The summed E-state index contributed by atoms with van der Waals surface area (Å²) < 4.78 is 17.3. The molecule has 0 aliphatic carbocycles. The molecule has 2 N–H and O–H groups in total. The number of aromatic carboxylic acids is 1. The highest BCUT2D eigenvalue weighted by atomic mass is 32.1. The second kappa shape index (κ2) is 9.71. The van der Waals surface area contributed by atoms with Crippen LogP contribution in [0.25, 0.3) is 11.3 Å². The molecule has 2 unspecified atom stereocenters. The first-order chi connectivity index (χ1) is 17.5. The maximum absolute atomic E-state index is 11.8. The summed E-state index contributed by atoms with van der Waals surface area (Å²) in [5.41, 5.74) is 2.16. The molecule has 1 saturated heterocycles. The zero-order chi connectivity index (χ0) is 25.2. The van der Waals surface area contributed by atoms with Crippen LogP contribution >= 0.6 is 12.2 Å². The summed E-state index contributed by atoms with van der Waals surface area (Å²) in [6.07, 6.45) is 1.73. The summed E-state index contributed by atoms with van der Waals surface area (Å²) in [7, 11) is 3.18. The normalized spacial score (nSPS) is 17.1. The van der Waals surface area contributed by atoms with Crippen molar-refractivity contribution < 1.29 is 23.8 Å². The van der Waals surface area contributed by atoms with Gasteiger partial charge >= 0.3 is 5.97 Å². The van der Waals surface area contributed by atoms with E-state index in [2.05, 4.69) is 10.3 Å². The molecule has 0 saturated carbocycles. The largest absolute Gasteiger partial charge is 0.497 e. The highest BCUT2D eigenvalue weighted by molar-refractivity contribution is 7.80. The highest BCUT2D eigenvalue weighted by Crippen LogP contribution is 2.46. The Morgan fingerprint density at radius 3 is 2.58 bits per heavy atom. The maximum Gasteiger partial charge on any atom is 0.336 e. The van der Waals surface area contributed by atoms with Crippen molar-refractivity contribution in [2.45, 2.75) is 12.1 Å². The average molecular weight is 502 g/mol. The van der Waals surface area contributed by atoms with Crippen LogP contribution in [0.2, 0.25) is 0 Å². The number of ether oxygens (including phenoxy) is 2. The molecule has 5 rings (SSSR count). The van der Waals surface area contributed by atoms with Gasteiger partial charge in [0.2, 0.25) is 0 Å². The molecule has 0 radical (unpaired) electrons. The number of thiocarbonyl (C=S) groups is 1. The summed E-state index contributed by atoms with van der Waals surface area (Å²) in [6.45, 7) is 0. The average Bonchev–Trinajstić information content (AvgIpc) is 3.53. The molecule has 0 bridgehead atoms. The molecular weight excluding hydrogens is 478 g/mol. The first-order valence-corrected chi connectivity index (χ1v) is 11.6. The van der Waals surface area contributed by atoms with E-state index in [4.69, 9.17) is 26.1 Å². The maximum atomic E-state index is 11.8. The van der Waals surface area contributed by atoms with Gasteiger partial charge in [-0.25, -0.2) is 4.79 Å². The van der Waals surface area contributed by atoms with Gasteiger partial charge in [-0.1, -0.05) is 24.3 Å². The number of anilines is 1. The second-order valence-electron chi connectivity index (χ2n) is 8.09. The molecule has 4 aromatic rings. The van der Waals surface area contributed by atoms with Gasteiger partial charge in [-0.3, -0.25) is 4.98 Å². The van der Waals surface area contributed by atoms with Gasteiger partial charge in [-0.05, 0) is 54.7 Å². The number of carbonyl (C=O) groups is 1. The SMILES string of the molecule is COc1ccc(N2C(=S)NC(c3ccccn3)C2c2ccc(-c3ccccc3C(=O)O)o2)c(OC)c1. The topological polar surface area (TPSA) is 97.1 Å². The Hall–Kier alpha value is -4.37. The molecule has 9 heteroatoms. The number of carboxylic acids is 1. The van der Waals surface area contributed by atoms with Gasteiger partial charge in [0.05, 0.1) is 37.2 Å². The van der Waals surface area contributed by atoms with Gasteiger partial charge in [0.1, 0.15) is 29.1 Å². The number of methoxy groups -OCH3 is 2. The van der Waals surface area contributed by atoms with Crippen molar-refractivity contribution in [2.24, 2.45) is 0 Å². The molecule has 1 fully saturated rings. The molecule has 2 aromatic heterocycles. The van der Waals surface area contributed by atoms with Crippen LogP contribution < -0.4 is 19.7 Å². The van der Waals surface area contributed by atoms with E-state index >= 15 is 0 Å². The number of carboxylic acid groups (broad SMARTS) is 1. The third-order valence-corrected chi connectivity index (χ3v) is 6.40. The van der Waals surface area contributed by atoms with Gasteiger partial charge < -0.3 is 29.2 Å². The molecule has 2 atom stereocenters. The van der Waals surface area contributed by atoms with Crippen molar-refractivity contribution in [2.75, 3.05) is 19.1 Å². The van der Waals surface area contributed by atoms with E-state index in [1.165, 1.54) is 0 Å². The standard InChI is InChI=1S/C27H23N3O5S/c1-33-16-10-11-20(23(15-16)34-2)30-25(24(29-27(30)36)19-9-5-6-14-28-19)22-13-12-21(35-22)17-7-3-4-8-18(17)26(31)32/h3-15,24-25H,1-2H3,(H,29,36)(H,31,32). The first-order valence-electron chi connectivity index (χ1n) is 11.2. The Kier molecular flexibility index (Phi) is 6.30. The molecule has 1 aliphatic heterocycles.